The Morgan fingerprint density at radius 3 is 2.45 bits per heavy atom. The van der Waals surface area contributed by atoms with Crippen molar-refractivity contribution in [2.75, 3.05) is 19.0 Å². The first-order valence-corrected chi connectivity index (χ1v) is 11.0. The molecule has 0 radical (unpaired) electrons. The van der Waals surface area contributed by atoms with Crippen molar-refractivity contribution in [3.63, 3.8) is 0 Å². The van der Waals surface area contributed by atoms with Gasteiger partial charge in [-0.1, -0.05) is 18.2 Å². The highest BCUT2D eigenvalue weighted by Crippen LogP contribution is 2.36. The predicted octanol–water partition coefficient (Wildman–Crippen LogP) is 4.10. The zero-order valence-electron chi connectivity index (χ0n) is 18.2. The Labute approximate surface area is 193 Å². The summed E-state index contributed by atoms with van der Waals surface area (Å²) in [6.07, 6.45) is 0. The Hall–Kier alpha value is -3.98. The molecule has 0 aliphatic heterocycles. The van der Waals surface area contributed by atoms with Crippen LogP contribution < -0.4 is 15.6 Å². The standard InChI is InChI=1S/C24H21N3O5S/c1-4-32-24(30)21-18(13-19(33-21)14-9-11-15(31-3)12-10-14)25-22(28)20-16-7-5-6-8-17(16)23(29)27(2)26-20/h5-13H,4H2,1-3H3,(H,25,28). The number of rotatable bonds is 6. The molecule has 0 aliphatic rings. The van der Waals surface area contributed by atoms with E-state index in [4.69, 9.17) is 9.47 Å². The van der Waals surface area contributed by atoms with Crippen molar-refractivity contribution >= 4 is 39.7 Å². The fourth-order valence-electron chi connectivity index (χ4n) is 3.38. The monoisotopic (exact) mass is 463 g/mol. The van der Waals surface area contributed by atoms with Crippen molar-refractivity contribution in [3.05, 3.63) is 75.5 Å². The molecule has 0 saturated carbocycles. The second-order valence-electron chi connectivity index (χ2n) is 7.08. The van der Waals surface area contributed by atoms with Gasteiger partial charge in [-0.2, -0.15) is 5.10 Å². The SMILES string of the molecule is CCOC(=O)c1sc(-c2ccc(OC)cc2)cc1NC(=O)c1nn(C)c(=O)c2ccccc12. The number of thiophene rings is 1. The fraction of sp³-hybridized carbons (Fsp3) is 0.167. The van der Waals surface area contributed by atoms with Gasteiger partial charge in [0.25, 0.3) is 11.5 Å². The van der Waals surface area contributed by atoms with Gasteiger partial charge in [-0.05, 0) is 48.9 Å². The summed E-state index contributed by atoms with van der Waals surface area (Å²) in [5.41, 5.74) is 0.956. The van der Waals surface area contributed by atoms with Crippen molar-refractivity contribution in [2.24, 2.45) is 7.05 Å². The lowest BCUT2D eigenvalue weighted by Crippen LogP contribution is -2.25. The third-order valence-corrected chi connectivity index (χ3v) is 6.15. The van der Waals surface area contributed by atoms with E-state index in [2.05, 4.69) is 10.4 Å². The summed E-state index contributed by atoms with van der Waals surface area (Å²) in [6, 6.07) is 15.9. The highest BCUT2D eigenvalue weighted by atomic mass is 32.1. The molecule has 2 heterocycles. The van der Waals surface area contributed by atoms with E-state index in [0.717, 1.165) is 15.1 Å². The molecule has 4 aromatic rings. The van der Waals surface area contributed by atoms with Crippen LogP contribution in [-0.4, -0.2) is 35.4 Å². The molecule has 1 N–H and O–H groups in total. The van der Waals surface area contributed by atoms with E-state index in [-0.39, 0.29) is 22.7 Å². The number of anilines is 1. The molecule has 0 bridgehead atoms. The van der Waals surface area contributed by atoms with Crippen molar-refractivity contribution in [2.45, 2.75) is 6.92 Å². The number of hydrogen-bond acceptors (Lipinski definition) is 7. The van der Waals surface area contributed by atoms with Gasteiger partial charge in [-0.25, -0.2) is 9.48 Å². The van der Waals surface area contributed by atoms with Crippen LogP contribution in [0.4, 0.5) is 5.69 Å². The van der Waals surface area contributed by atoms with E-state index in [1.807, 2.05) is 24.3 Å². The van der Waals surface area contributed by atoms with Gasteiger partial charge >= 0.3 is 5.97 Å². The Kier molecular flexibility index (Phi) is 6.23. The van der Waals surface area contributed by atoms with Gasteiger partial charge in [0.1, 0.15) is 10.6 Å². The minimum atomic E-state index is -0.536. The number of methoxy groups -OCH3 is 1. The van der Waals surface area contributed by atoms with Gasteiger partial charge in [0, 0.05) is 17.3 Å². The minimum Gasteiger partial charge on any atom is -0.497 e. The molecule has 4 rings (SSSR count). The van der Waals surface area contributed by atoms with Crippen LogP contribution in [0.1, 0.15) is 27.1 Å². The number of aromatic nitrogens is 2. The summed E-state index contributed by atoms with van der Waals surface area (Å²) in [4.78, 5) is 39.2. The second kappa shape index (κ2) is 9.25. The first-order chi connectivity index (χ1) is 15.9. The highest BCUT2D eigenvalue weighted by Gasteiger charge is 2.22. The van der Waals surface area contributed by atoms with E-state index >= 15 is 0 Å². The largest absolute Gasteiger partial charge is 0.497 e. The van der Waals surface area contributed by atoms with Crippen molar-refractivity contribution in [1.82, 2.24) is 9.78 Å². The van der Waals surface area contributed by atoms with Crippen LogP contribution >= 0.6 is 11.3 Å². The number of hydrogen-bond donors (Lipinski definition) is 1. The molecule has 2 aromatic heterocycles. The molecular weight excluding hydrogens is 442 g/mol. The van der Waals surface area contributed by atoms with Gasteiger partial charge in [0.2, 0.25) is 0 Å². The fourth-order valence-corrected chi connectivity index (χ4v) is 4.39. The molecule has 168 valence electrons. The molecule has 0 aliphatic carbocycles. The zero-order chi connectivity index (χ0) is 23.5. The molecule has 1 amide bonds. The number of nitrogens with one attached hydrogen (secondary N) is 1. The molecule has 8 nitrogen and oxygen atoms in total. The quantitative estimate of drug-likeness (QED) is 0.432. The van der Waals surface area contributed by atoms with Crippen molar-refractivity contribution in [1.29, 1.82) is 0 Å². The molecule has 0 fully saturated rings. The van der Waals surface area contributed by atoms with Crippen LogP contribution in [0.5, 0.6) is 5.75 Å². The number of esters is 1. The first-order valence-electron chi connectivity index (χ1n) is 10.2. The minimum absolute atomic E-state index is 0.0831. The lowest BCUT2D eigenvalue weighted by Gasteiger charge is -2.09. The number of aryl methyl sites for hydroxylation is 1. The van der Waals surface area contributed by atoms with Gasteiger partial charge in [0.15, 0.2) is 5.69 Å². The summed E-state index contributed by atoms with van der Waals surface area (Å²) in [5.74, 6) is -0.357. The van der Waals surface area contributed by atoms with Crippen molar-refractivity contribution < 1.29 is 19.1 Å². The molecule has 2 aromatic carbocycles. The molecule has 9 heteroatoms. The molecular formula is C24H21N3O5S. The normalized spacial score (nSPS) is 10.8. The molecule has 33 heavy (non-hydrogen) atoms. The van der Waals surface area contributed by atoms with Crippen LogP contribution in [0.2, 0.25) is 0 Å². The smallest absolute Gasteiger partial charge is 0.350 e. The highest BCUT2D eigenvalue weighted by molar-refractivity contribution is 7.18. The van der Waals surface area contributed by atoms with Crippen molar-refractivity contribution in [3.8, 4) is 16.2 Å². The Morgan fingerprint density at radius 1 is 1.09 bits per heavy atom. The summed E-state index contributed by atoms with van der Waals surface area (Å²) in [5, 5.41) is 7.76. The van der Waals surface area contributed by atoms with Crippen LogP contribution in [-0.2, 0) is 11.8 Å². The molecule has 0 unspecified atom stereocenters. The predicted molar refractivity (Wildman–Crippen MR) is 127 cm³/mol. The summed E-state index contributed by atoms with van der Waals surface area (Å²) in [7, 11) is 3.08. The number of benzene rings is 2. The number of carbonyl (C=O) groups excluding carboxylic acids is 2. The van der Waals surface area contributed by atoms with E-state index in [9.17, 15) is 14.4 Å². The summed E-state index contributed by atoms with van der Waals surface area (Å²) in [6.45, 7) is 1.92. The van der Waals surface area contributed by atoms with E-state index in [1.54, 1.807) is 44.4 Å². The maximum atomic E-state index is 13.2. The van der Waals surface area contributed by atoms with E-state index < -0.39 is 11.9 Å². The Balaban J connectivity index is 1.75. The Morgan fingerprint density at radius 2 is 1.79 bits per heavy atom. The number of ether oxygens (including phenoxy) is 2. The maximum absolute atomic E-state index is 13.2. The van der Waals surface area contributed by atoms with Gasteiger partial charge in [-0.15, -0.1) is 11.3 Å². The van der Waals surface area contributed by atoms with E-state index in [1.165, 1.54) is 18.4 Å². The number of carbonyl (C=O) groups is 2. The lowest BCUT2D eigenvalue weighted by molar-refractivity contribution is 0.0533. The first kappa shape index (κ1) is 22.2. The average Bonchev–Trinajstić information content (AvgIpc) is 3.25. The van der Waals surface area contributed by atoms with Crippen LogP contribution in [0, 0.1) is 0 Å². The summed E-state index contributed by atoms with van der Waals surface area (Å²) < 4.78 is 11.5. The number of amides is 1. The zero-order valence-corrected chi connectivity index (χ0v) is 19.1. The second-order valence-corrected chi connectivity index (χ2v) is 8.13. The molecule has 0 saturated heterocycles. The molecule has 0 spiro atoms. The number of nitrogens with zero attached hydrogens (tertiary/aromatic N) is 2. The van der Waals surface area contributed by atoms with Crippen LogP contribution in [0.25, 0.3) is 21.2 Å². The Bertz CT molecular complexity index is 1410. The average molecular weight is 464 g/mol. The van der Waals surface area contributed by atoms with Gasteiger partial charge in [0.05, 0.1) is 24.8 Å². The summed E-state index contributed by atoms with van der Waals surface area (Å²) >= 11 is 1.21. The van der Waals surface area contributed by atoms with Crippen LogP contribution in [0.15, 0.2) is 59.4 Å². The lowest BCUT2D eigenvalue weighted by atomic mass is 10.1. The van der Waals surface area contributed by atoms with Gasteiger partial charge < -0.3 is 14.8 Å². The third-order valence-electron chi connectivity index (χ3n) is 4.99. The van der Waals surface area contributed by atoms with Gasteiger partial charge in [-0.3, -0.25) is 9.59 Å². The topological polar surface area (TPSA) is 99.5 Å². The maximum Gasteiger partial charge on any atom is 0.350 e. The number of fused-ring (bicyclic) bond motifs is 1. The third kappa shape index (κ3) is 4.35. The van der Waals surface area contributed by atoms with Crippen LogP contribution in [0.3, 0.4) is 0 Å². The molecule has 0 atom stereocenters. The van der Waals surface area contributed by atoms with E-state index in [0.29, 0.717) is 22.2 Å².